The molecule has 0 amide bonds. The molecule has 4 fully saturated rings. The summed E-state index contributed by atoms with van der Waals surface area (Å²) in [5.41, 5.74) is -2.48. The number of allylic oxidation sites excluding steroid dienone is 1. The van der Waals surface area contributed by atoms with E-state index >= 15 is 0 Å². The van der Waals surface area contributed by atoms with Crippen molar-refractivity contribution in [3.63, 3.8) is 0 Å². The summed E-state index contributed by atoms with van der Waals surface area (Å²) in [5, 5.41) is 0. The fourth-order valence-corrected chi connectivity index (χ4v) is 7.22. The Morgan fingerprint density at radius 3 is 2.59 bits per heavy atom. The van der Waals surface area contributed by atoms with E-state index in [0.717, 1.165) is 5.56 Å². The second-order valence-corrected chi connectivity index (χ2v) is 10.4. The minimum absolute atomic E-state index is 0.211. The van der Waals surface area contributed by atoms with Gasteiger partial charge in [-0.15, -0.1) is 0 Å². The van der Waals surface area contributed by atoms with Crippen LogP contribution in [0.15, 0.2) is 34.7 Å². The van der Waals surface area contributed by atoms with Crippen LogP contribution in [0.1, 0.15) is 72.0 Å². The summed E-state index contributed by atoms with van der Waals surface area (Å²) in [7, 11) is 0. The van der Waals surface area contributed by atoms with Gasteiger partial charge in [-0.3, -0.25) is 9.59 Å². The molecule has 2 aliphatic heterocycles. The Hall–Kier alpha value is -2.57. The van der Waals surface area contributed by atoms with Gasteiger partial charge in [-0.1, -0.05) is 19.9 Å². The maximum atomic E-state index is 13.7. The zero-order valence-corrected chi connectivity index (χ0v) is 19.2. The van der Waals surface area contributed by atoms with Gasteiger partial charge in [-0.25, -0.2) is 4.79 Å². The molecule has 1 aromatic heterocycles. The first-order valence-electron chi connectivity index (χ1n) is 11.4. The predicted molar refractivity (Wildman–Crippen MR) is 112 cm³/mol. The van der Waals surface area contributed by atoms with E-state index in [1.165, 1.54) is 0 Å². The minimum atomic E-state index is -1.09. The number of hydrogen-bond donors (Lipinski definition) is 0. The third-order valence-electron chi connectivity index (χ3n) is 9.49. The van der Waals surface area contributed by atoms with Crippen LogP contribution < -0.4 is 0 Å². The summed E-state index contributed by atoms with van der Waals surface area (Å²) in [4.78, 5) is 39.7. The molecular weight excluding hydrogens is 412 g/mol. The minimum Gasteiger partial charge on any atom is -0.472 e. The van der Waals surface area contributed by atoms with Gasteiger partial charge >= 0.3 is 17.9 Å². The van der Waals surface area contributed by atoms with E-state index < -0.39 is 40.0 Å². The van der Waals surface area contributed by atoms with Crippen molar-refractivity contribution >= 4 is 17.9 Å². The maximum Gasteiger partial charge on any atom is 0.333 e. The second-order valence-electron chi connectivity index (χ2n) is 10.4. The highest BCUT2D eigenvalue weighted by molar-refractivity contribution is 5.90. The summed E-state index contributed by atoms with van der Waals surface area (Å²) < 4.78 is 23.4. The van der Waals surface area contributed by atoms with E-state index in [1.54, 1.807) is 38.5 Å². The molecule has 0 N–H and O–H groups in total. The Morgan fingerprint density at radius 2 is 1.97 bits per heavy atom. The third kappa shape index (κ3) is 2.15. The molecule has 172 valence electrons. The molecule has 7 nitrogen and oxygen atoms in total. The third-order valence-corrected chi connectivity index (χ3v) is 9.49. The lowest BCUT2D eigenvalue weighted by molar-refractivity contribution is -0.231. The molecule has 5 rings (SSSR count). The van der Waals surface area contributed by atoms with Crippen LogP contribution in [-0.2, 0) is 28.6 Å². The fraction of sp³-hybridized carbons (Fsp3) is 0.640. The van der Waals surface area contributed by atoms with Crippen LogP contribution in [0.5, 0.6) is 0 Å². The Labute approximate surface area is 187 Å². The molecule has 0 aromatic carbocycles. The standard InChI is InChI=1S/C25H30O7/c1-6-14(2)19(26)31-18-11-15(3)24(12-17(30-21(24)28)16-7-10-29-13-16)25-9-8-22(4,20(27)32-25)23(18,25)5/h6-7,10,13,15,17-18H,8-9,11-12H2,1-5H3/b14-6-/t15-,17-,18-,22+,23-,24+,25+/m1/s1. The lowest BCUT2D eigenvalue weighted by Crippen LogP contribution is -2.68. The van der Waals surface area contributed by atoms with E-state index in [9.17, 15) is 14.4 Å². The Kier molecular flexibility index (Phi) is 4.31. The van der Waals surface area contributed by atoms with Crippen LogP contribution in [0.2, 0.25) is 0 Å². The molecule has 2 saturated carbocycles. The van der Waals surface area contributed by atoms with E-state index in [0.29, 0.717) is 31.3 Å². The number of cyclic esters (lactones) is 1. The van der Waals surface area contributed by atoms with Crippen molar-refractivity contribution in [1.82, 2.24) is 0 Å². The Morgan fingerprint density at radius 1 is 1.22 bits per heavy atom. The van der Waals surface area contributed by atoms with Crippen LogP contribution in [0.4, 0.5) is 0 Å². The summed E-state index contributed by atoms with van der Waals surface area (Å²) in [6.45, 7) is 9.35. The number of ether oxygens (including phenoxy) is 3. The zero-order valence-electron chi connectivity index (χ0n) is 19.2. The first-order chi connectivity index (χ1) is 15.1. The normalized spacial score (nSPS) is 45.0. The monoisotopic (exact) mass is 442 g/mol. The summed E-state index contributed by atoms with van der Waals surface area (Å²) >= 11 is 0. The van der Waals surface area contributed by atoms with Gasteiger partial charge in [0.2, 0.25) is 0 Å². The summed E-state index contributed by atoms with van der Waals surface area (Å²) in [6, 6.07) is 1.80. The molecule has 1 aromatic rings. The number of furan rings is 1. The van der Waals surface area contributed by atoms with E-state index in [4.69, 9.17) is 18.6 Å². The highest BCUT2D eigenvalue weighted by Crippen LogP contribution is 2.78. The molecule has 3 heterocycles. The lowest BCUT2D eigenvalue weighted by Gasteiger charge is -2.58. The van der Waals surface area contributed by atoms with Crippen molar-refractivity contribution in [3.05, 3.63) is 35.8 Å². The first kappa shape index (κ1) is 21.3. The van der Waals surface area contributed by atoms with Crippen LogP contribution >= 0.6 is 0 Å². The van der Waals surface area contributed by atoms with E-state index in [1.807, 2.05) is 20.8 Å². The largest absolute Gasteiger partial charge is 0.472 e. The number of rotatable bonds is 3. The highest BCUT2D eigenvalue weighted by Gasteiger charge is 2.88. The number of esters is 3. The molecule has 0 unspecified atom stereocenters. The van der Waals surface area contributed by atoms with Crippen molar-refractivity contribution in [1.29, 1.82) is 0 Å². The van der Waals surface area contributed by atoms with Gasteiger partial charge in [0, 0.05) is 17.6 Å². The number of hydrogen-bond acceptors (Lipinski definition) is 7. The lowest BCUT2D eigenvalue weighted by atomic mass is 9.45. The maximum absolute atomic E-state index is 13.7. The summed E-state index contributed by atoms with van der Waals surface area (Å²) in [6.07, 6.45) is 5.83. The van der Waals surface area contributed by atoms with E-state index in [2.05, 4.69) is 0 Å². The van der Waals surface area contributed by atoms with Gasteiger partial charge in [-0.2, -0.15) is 0 Å². The average molecular weight is 443 g/mol. The topological polar surface area (TPSA) is 92.0 Å². The van der Waals surface area contributed by atoms with Crippen LogP contribution in [-0.4, -0.2) is 29.6 Å². The molecule has 7 heteroatoms. The first-order valence-corrected chi connectivity index (χ1v) is 11.4. The molecule has 2 bridgehead atoms. The van der Waals surface area contributed by atoms with Gasteiger partial charge in [0.25, 0.3) is 0 Å². The molecule has 2 saturated heterocycles. The van der Waals surface area contributed by atoms with Crippen molar-refractivity contribution in [2.75, 3.05) is 0 Å². The van der Waals surface area contributed by atoms with Crippen LogP contribution in [0, 0.1) is 22.2 Å². The smallest absolute Gasteiger partial charge is 0.333 e. The zero-order chi connectivity index (χ0) is 23.1. The fourth-order valence-electron chi connectivity index (χ4n) is 7.22. The SMILES string of the molecule is C/C=C(/C)C(=O)O[C@@H]1C[C@@H](C)[C@]2(C[C@H](c3ccoc3)OC2=O)[C@@]23CC[C@@](C)(C(=O)O2)[C@@]13C. The molecule has 1 spiro atoms. The van der Waals surface area contributed by atoms with Gasteiger partial charge < -0.3 is 18.6 Å². The molecular formula is C25H30O7. The van der Waals surface area contributed by atoms with Crippen LogP contribution in [0.25, 0.3) is 0 Å². The average Bonchev–Trinajstić information content (AvgIpc) is 3.49. The second kappa shape index (κ2) is 6.49. The number of carbonyl (C=O) groups excluding carboxylic acids is 3. The number of carbonyl (C=O) groups is 3. The Bertz CT molecular complexity index is 1030. The molecule has 4 aliphatic rings. The van der Waals surface area contributed by atoms with Gasteiger partial charge in [0.05, 0.1) is 23.4 Å². The summed E-state index contributed by atoms with van der Waals surface area (Å²) in [5.74, 6) is -1.26. The van der Waals surface area contributed by atoms with E-state index in [-0.39, 0.29) is 17.9 Å². The molecule has 32 heavy (non-hydrogen) atoms. The van der Waals surface area contributed by atoms with Crippen LogP contribution in [0.3, 0.4) is 0 Å². The van der Waals surface area contributed by atoms with Gasteiger partial charge in [-0.05, 0) is 52.0 Å². The van der Waals surface area contributed by atoms with Crippen molar-refractivity contribution in [3.8, 4) is 0 Å². The molecule has 0 radical (unpaired) electrons. The molecule has 2 aliphatic carbocycles. The van der Waals surface area contributed by atoms with Gasteiger partial charge in [0.15, 0.2) is 0 Å². The van der Waals surface area contributed by atoms with Crippen molar-refractivity contribution in [2.24, 2.45) is 22.2 Å². The Balaban J connectivity index is 1.64. The van der Waals surface area contributed by atoms with Crippen molar-refractivity contribution in [2.45, 2.75) is 78.1 Å². The van der Waals surface area contributed by atoms with Crippen molar-refractivity contribution < 1.29 is 33.0 Å². The quantitative estimate of drug-likeness (QED) is 0.392. The molecule has 7 atom stereocenters. The van der Waals surface area contributed by atoms with Gasteiger partial charge in [0.1, 0.15) is 23.2 Å². The highest BCUT2D eigenvalue weighted by atomic mass is 16.6. The predicted octanol–water partition coefficient (Wildman–Crippen LogP) is 4.27.